The van der Waals surface area contributed by atoms with Gasteiger partial charge in [-0.15, -0.1) is 0 Å². The summed E-state index contributed by atoms with van der Waals surface area (Å²) in [7, 11) is 1.80. The van der Waals surface area contributed by atoms with Crippen molar-refractivity contribution in [2.45, 2.75) is 20.3 Å². The van der Waals surface area contributed by atoms with E-state index in [2.05, 4.69) is 29.8 Å². The van der Waals surface area contributed by atoms with Gasteiger partial charge in [-0.25, -0.2) is 0 Å². The number of benzene rings is 1. The molecule has 0 aromatic heterocycles. The van der Waals surface area contributed by atoms with E-state index in [-0.39, 0.29) is 11.3 Å². The standard InChI is InChI=1S/C15H23BrN2O2/c1-15(2,10-17)11-18(3)14(19)7-8-20-13-6-4-5-12(16)9-13/h4-6,9H,7-8,10-11,17H2,1-3H3. The lowest BCUT2D eigenvalue weighted by Gasteiger charge is -2.29. The van der Waals surface area contributed by atoms with Crippen LogP contribution in [0.25, 0.3) is 0 Å². The second-order valence-electron chi connectivity index (χ2n) is 5.67. The fourth-order valence-corrected chi connectivity index (χ4v) is 2.18. The molecule has 0 saturated heterocycles. The Balaban J connectivity index is 2.36. The molecule has 1 rings (SSSR count). The van der Waals surface area contributed by atoms with Gasteiger partial charge in [0.25, 0.3) is 0 Å². The number of halogens is 1. The Labute approximate surface area is 129 Å². The molecule has 0 spiro atoms. The molecule has 20 heavy (non-hydrogen) atoms. The van der Waals surface area contributed by atoms with Crippen LogP contribution in [0.1, 0.15) is 20.3 Å². The fourth-order valence-electron chi connectivity index (χ4n) is 1.80. The van der Waals surface area contributed by atoms with Gasteiger partial charge in [0.15, 0.2) is 0 Å². The zero-order valence-corrected chi connectivity index (χ0v) is 13.9. The van der Waals surface area contributed by atoms with Crippen molar-refractivity contribution >= 4 is 21.8 Å². The minimum absolute atomic E-state index is 0.0600. The zero-order valence-electron chi connectivity index (χ0n) is 12.4. The second-order valence-corrected chi connectivity index (χ2v) is 6.59. The topological polar surface area (TPSA) is 55.6 Å². The van der Waals surface area contributed by atoms with Crippen LogP contribution < -0.4 is 10.5 Å². The third-order valence-electron chi connectivity index (χ3n) is 3.02. The van der Waals surface area contributed by atoms with Gasteiger partial charge in [-0.1, -0.05) is 35.8 Å². The Kier molecular flexibility index (Phi) is 6.49. The molecule has 0 aliphatic carbocycles. The van der Waals surface area contributed by atoms with Crippen molar-refractivity contribution in [2.75, 3.05) is 26.7 Å². The quantitative estimate of drug-likeness (QED) is 0.828. The Hall–Kier alpha value is -1.07. The van der Waals surface area contributed by atoms with Gasteiger partial charge in [-0.3, -0.25) is 4.79 Å². The minimum Gasteiger partial charge on any atom is -0.493 e. The molecule has 0 fully saturated rings. The van der Waals surface area contributed by atoms with Crippen molar-refractivity contribution in [3.8, 4) is 5.75 Å². The predicted molar refractivity (Wildman–Crippen MR) is 84.7 cm³/mol. The maximum Gasteiger partial charge on any atom is 0.225 e. The van der Waals surface area contributed by atoms with Gasteiger partial charge in [0, 0.05) is 18.1 Å². The smallest absolute Gasteiger partial charge is 0.225 e. The van der Waals surface area contributed by atoms with Crippen LogP contribution in [-0.4, -0.2) is 37.6 Å². The van der Waals surface area contributed by atoms with E-state index >= 15 is 0 Å². The lowest BCUT2D eigenvalue weighted by Crippen LogP contribution is -2.40. The molecule has 0 aliphatic rings. The Bertz CT molecular complexity index is 449. The lowest BCUT2D eigenvalue weighted by molar-refractivity contribution is -0.131. The SMILES string of the molecule is CN(CC(C)(C)CN)C(=O)CCOc1cccc(Br)c1. The van der Waals surface area contributed by atoms with Crippen molar-refractivity contribution in [1.82, 2.24) is 4.90 Å². The van der Waals surface area contributed by atoms with Crippen LogP contribution >= 0.6 is 15.9 Å². The highest BCUT2D eigenvalue weighted by Gasteiger charge is 2.20. The van der Waals surface area contributed by atoms with Gasteiger partial charge in [0.1, 0.15) is 5.75 Å². The second kappa shape index (κ2) is 7.64. The monoisotopic (exact) mass is 342 g/mol. The van der Waals surface area contributed by atoms with Gasteiger partial charge in [0.2, 0.25) is 5.91 Å². The summed E-state index contributed by atoms with van der Waals surface area (Å²) < 4.78 is 6.52. The van der Waals surface area contributed by atoms with E-state index < -0.39 is 0 Å². The van der Waals surface area contributed by atoms with Gasteiger partial charge in [0.05, 0.1) is 13.0 Å². The number of amides is 1. The molecule has 2 N–H and O–H groups in total. The molecule has 5 heteroatoms. The van der Waals surface area contributed by atoms with Crippen LogP contribution in [0.3, 0.4) is 0 Å². The Morgan fingerprint density at radius 3 is 2.75 bits per heavy atom. The molecule has 0 radical (unpaired) electrons. The number of nitrogens with zero attached hydrogens (tertiary/aromatic N) is 1. The molecular formula is C15H23BrN2O2. The van der Waals surface area contributed by atoms with Crippen molar-refractivity contribution in [2.24, 2.45) is 11.1 Å². The highest BCUT2D eigenvalue weighted by molar-refractivity contribution is 9.10. The molecule has 0 heterocycles. The molecule has 0 bridgehead atoms. The van der Waals surface area contributed by atoms with E-state index in [1.54, 1.807) is 11.9 Å². The number of rotatable bonds is 7. The van der Waals surface area contributed by atoms with Crippen LogP contribution in [0.15, 0.2) is 28.7 Å². The number of ether oxygens (including phenoxy) is 1. The average molecular weight is 343 g/mol. The summed E-state index contributed by atoms with van der Waals surface area (Å²) in [6.45, 7) is 5.69. The summed E-state index contributed by atoms with van der Waals surface area (Å²) in [5.74, 6) is 0.832. The molecule has 0 aliphatic heterocycles. The summed E-state index contributed by atoms with van der Waals surface area (Å²) in [6, 6.07) is 7.58. The van der Waals surface area contributed by atoms with Crippen molar-refractivity contribution in [1.29, 1.82) is 0 Å². The first-order valence-corrected chi connectivity index (χ1v) is 7.46. The van der Waals surface area contributed by atoms with Crippen LogP contribution in [0, 0.1) is 5.41 Å². The van der Waals surface area contributed by atoms with E-state index in [9.17, 15) is 4.79 Å². The van der Waals surface area contributed by atoms with Crippen LogP contribution in [0.4, 0.5) is 0 Å². The van der Waals surface area contributed by atoms with E-state index in [1.807, 2.05) is 24.3 Å². The Morgan fingerprint density at radius 1 is 1.45 bits per heavy atom. The average Bonchev–Trinajstić information content (AvgIpc) is 2.38. The maximum absolute atomic E-state index is 12.0. The van der Waals surface area contributed by atoms with Gasteiger partial charge in [-0.2, -0.15) is 0 Å². The number of carbonyl (C=O) groups is 1. The van der Waals surface area contributed by atoms with Crippen LogP contribution in [0.2, 0.25) is 0 Å². The number of nitrogens with two attached hydrogens (primary N) is 1. The molecule has 0 unspecified atom stereocenters. The molecule has 4 nitrogen and oxygen atoms in total. The summed E-state index contributed by atoms with van der Waals surface area (Å²) in [4.78, 5) is 13.7. The fraction of sp³-hybridized carbons (Fsp3) is 0.533. The molecule has 112 valence electrons. The Morgan fingerprint density at radius 2 is 2.15 bits per heavy atom. The summed E-state index contributed by atoms with van der Waals surface area (Å²) >= 11 is 3.38. The molecule has 1 aromatic rings. The van der Waals surface area contributed by atoms with E-state index in [4.69, 9.17) is 10.5 Å². The molecular weight excluding hydrogens is 320 g/mol. The molecule has 0 saturated carbocycles. The number of carbonyl (C=O) groups excluding carboxylic acids is 1. The normalized spacial score (nSPS) is 11.2. The van der Waals surface area contributed by atoms with Gasteiger partial charge >= 0.3 is 0 Å². The van der Waals surface area contributed by atoms with Crippen molar-refractivity contribution in [3.05, 3.63) is 28.7 Å². The molecule has 1 aromatic carbocycles. The first-order chi connectivity index (χ1) is 9.34. The van der Waals surface area contributed by atoms with Crippen LogP contribution in [0.5, 0.6) is 5.75 Å². The minimum atomic E-state index is -0.0600. The van der Waals surface area contributed by atoms with E-state index in [1.165, 1.54) is 0 Å². The van der Waals surface area contributed by atoms with Gasteiger partial charge < -0.3 is 15.4 Å². The van der Waals surface area contributed by atoms with Crippen molar-refractivity contribution < 1.29 is 9.53 Å². The molecule has 0 atom stereocenters. The first-order valence-electron chi connectivity index (χ1n) is 6.66. The summed E-state index contributed by atoms with van der Waals surface area (Å²) in [5.41, 5.74) is 5.62. The largest absolute Gasteiger partial charge is 0.493 e. The van der Waals surface area contributed by atoms with Crippen molar-refractivity contribution in [3.63, 3.8) is 0 Å². The van der Waals surface area contributed by atoms with Gasteiger partial charge in [-0.05, 0) is 30.2 Å². The summed E-state index contributed by atoms with van der Waals surface area (Å²) in [5, 5.41) is 0. The number of hydrogen-bond acceptors (Lipinski definition) is 3. The highest BCUT2D eigenvalue weighted by Crippen LogP contribution is 2.18. The van der Waals surface area contributed by atoms with E-state index in [0.29, 0.717) is 26.1 Å². The predicted octanol–water partition coefficient (Wildman–Crippen LogP) is 2.66. The number of hydrogen-bond donors (Lipinski definition) is 1. The molecule has 1 amide bonds. The van der Waals surface area contributed by atoms with Crippen LogP contribution in [-0.2, 0) is 4.79 Å². The first kappa shape index (κ1) is 17.0. The third kappa shape index (κ3) is 5.92. The summed E-state index contributed by atoms with van der Waals surface area (Å²) in [6.07, 6.45) is 0.365. The highest BCUT2D eigenvalue weighted by atomic mass is 79.9. The van der Waals surface area contributed by atoms with E-state index in [0.717, 1.165) is 10.2 Å². The zero-order chi connectivity index (χ0) is 15.2. The maximum atomic E-state index is 12.0. The lowest BCUT2D eigenvalue weighted by atomic mass is 9.93. The third-order valence-corrected chi connectivity index (χ3v) is 3.52.